The van der Waals surface area contributed by atoms with Crippen LogP contribution in [0.25, 0.3) is 0 Å². The van der Waals surface area contributed by atoms with Gasteiger partial charge in [0.05, 0.1) is 6.54 Å². The molecular weight excluding hydrogens is 326 g/mol. The molecule has 1 aromatic rings. The summed E-state index contributed by atoms with van der Waals surface area (Å²) in [4.78, 5) is 18.2. The number of carbonyl (C=O) groups is 1. The predicted octanol–water partition coefficient (Wildman–Crippen LogP) is 2.49. The molecule has 0 saturated heterocycles. The number of rotatable bonds is 7. The van der Waals surface area contributed by atoms with Crippen molar-refractivity contribution in [2.24, 2.45) is 16.8 Å². The minimum Gasteiger partial charge on any atom is -0.383 e. The standard InChI is InChI=1S/C21H27N3O2/c25-20-19(15-23-13-9-17-7-4-11-22-12-8-17)10-14-24(21(20)26)16-18-5-2-1-3-6-18/h1-3,5-6,8,10-12,14,17,19-20,23,25H,4,7,9,13,15-16H2. The Morgan fingerprint density at radius 1 is 1.23 bits per heavy atom. The number of aliphatic hydroxyl groups excluding tert-OH is 1. The van der Waals surface area contributed by atoms with Crippen LogP contribution in [0.5, 0.6) is 0 Å². The number of hydrogen-bond acceptors (Lipinski definition) is 4. The minimum absolute atomic E-state index is 0.178. The van der Waals surface area contributed by atoms with Crippen molar-refractivity contribution in [3.05, 3.63) is 60.4 Å². The summed E-state index contributed by atoms with van der Waals surface area (Å²) in [5, 5.41) is 13.7. The highest BCUT2D eigenvalue weighted by Gasteiger charge is 2.31. The molecule has 2 aliphatic rings. The summed E-state index contributed by atoms with van der Waals surface area (Å²) < 4.78 is 0. The fourth-order valence-electron chi connectivity index (χ4n) is 3.32. The van der Waals surface area contributed by atoms with E-state index in [1.165, 1.54) is 0 Å². The Morgan fingerprint density at radius 3 is 2.92 bits per heavy atom. The van der Waals surface area contributed by atoms with Crippen molar-refractivity contribution in [1.29, 1.82) is 0 Å². The highest BCUT2D eigenvalue weighted by atomic mass is 16.3. The van der Waals surface area contributed by atoms with Crippen molar-refractivity contribution in [3.8, 4) is 0 Å². The number of benzene rings is 1. The van der Waals surface area contributed by atoms with Crippen LogP contribution in [0.1, 0.15) is 24.8 Å². The molecule has 1 amide bonds. The van der Waals surface area contributed by atoms with Crippen molar-refractivity contribution in [2.45, 2.75) is 31.9 Å². The van der Waals surface area contributed by atoms with Crippen LogP contribution in [0, 0.1) is 11.8 Å². The number of carbonyl (C=O) groups excluding carboxylic acids is 1. The smallest absolute Gasteiger partial charge is 0.256 e. The van der Waals surface area contributed by atoms with Crippen molar-refractivity contribution in [1.82, 2.24) is 10.2 Å². The third-order valence-electron chi connectivity index (χ3n) is 4.94. The molecule has 0 saturated carbocycles. The molecule has 2 N–H and O–H groups in total. The van der Waals surface area contributed by atoms with Gasteiger partial charge in [0.2, 0.25) is 0 Å². The van der Waals surface area contributed by atoms with Gasteiger partial charge >= 0.3 is 0 Å². The second-order valence-corrected chi connectivity index (χ2v) is 6.91. The number of nitrogens with zero attached hydrogens (tertiary/aromatic N) is 2. The summed E-state index contributed by atoms with van der Waals surface area (Å²) in [5.74, 6) is 0.134. The molecule has 0 fully saturated rings. The van der Waals surface area contributed by atoms with Crippen LogP contribution >= 0.6 is 0 Å². The molecular formula is C21H27N3O2. The van der Waals surface area contributed by atoms with Gasteiger partial charge in [-0.2, -0.15) is 0 Å². The molecule has 0 bridgehead atoms. The lowest BCUT2D eigenvalue weighted by molar-refractivity contribution is -0.141. The van der Waals surface area contributed by atoms with Crippen LogP contribution < -0.4 is 5.32 Å². The van der Waals surface area contributed by atoms with Gasteiger partial charge < -0.3 is 15.3 Å². The van der Waals surface area contributed by atoms with Gasteiger partial charge in [0.25, 0.3) is 5.91 Å². The minimum atomic E-state index is -0.984. The average Bonchev–Trinajstić information content (AvgIpc) is 2.94. The maximum Gasteiger partial charge on any atom is 0.256 e. The van der Waals surface area contributed by atoms with E-state index in [2.05, 4.69) is 16.4 Å². The Bertz CT molecular complexity index is 669. The van der Waals surface area contributed by atoms with E-state index in [-0.39, 0.29) is 11.8 Å². The number of aliphatic hydroxyl groups is 1. The molecule has 2 aliphatic heterocycles. The first-order valence-electron chi connectivity index (χ1n) is 9.34. The zero-order valence-electron chi connectivity index (χ0n) is 15.0. The number of nitrogens with one attached hydrogen (secondary N) is 1. The Morgan fingerprint density at radius 2 is 2.08 bits per heavy atom. The molecule has 0 aromatic heterocycles. The fraction of sp³-hybridized carbons (Fsp3) is 0.429. The number of amides is 1. The van der Waals surface area contributed by atoms with Gasteiger partial charge in [0, 0.05) is 31.1 Å². The molecule has 2 heterocycles. The highest BCUT2D eigenvalue weighted by molar-refractivity contribution is 5.83. The lowest BCUT2D eigenvalue weighted by Gasteiger charge is -2.30. The van der Waals surface area contributed by atoms with Gasteiger partial charge in [-0.15, -0.1) is 0 Å². The van der Waals surface area contributed by atoms with Gasteiger partial charge in [-0.1, -0.05) is 42.5 Å². The zero-order valence-corrected chi connectivity index (χ0v) is 15.0. The van der Waals surface area contributed by atoms with E-state index in [4.69, 9.17) is 0 Å². The van der Waals surface area contributed by atoms with E-state index < -0.39 is 6.10 Å². The third-order valence-corrected chi connectivity index (χ3v) is 4.94. The van der Waals surface area contributed by atoms with Crippen LogP contribution in [-0.4, -0.2) is 41.3 Å². The van der Waals surface area contributed by atoms with Crippen LogP contribution in [0.3, 0.4) is 0 Å². The number of aliphatic imine (C=N–C) groups is 1. The molecule has 0 aliphatic carbocycles. The first-order chi connectivity index (χ1) is 12.7. The topological polar surface area (TPSA) is 64.9 Å². The molecule has 5 heteroatoms. The Balaban J connectivity index is 1.44. The van der Waals surface area contributed by atoms with E-state index in [0.29, 0.717) is 19.0 Å². The highest BCUT2D eigenvalue weighted by Crippen LogP contribution is 2.18. The summed E-state index contributed by atoms with van der Waals surface area (Å²) in [5.41, 5.74) is 1.05. The summed E-state index contributed by atoms with van der Waals surface area (Å²) in [6.07, 6.45) is 11.9. The molecule has 138 valence electrons. The lowest BCUT2D eigenvalue weighted by atomic mass is 9.97. The van der Waals surface area contributed by atoms with Crippen molar-refractivity contribution in [2.75, 3.05) is 13.1 Å². The van der Waals surface area contributed by atoms with Crippen LogP contribution in [-0.2, 0) is 11.3 Å². The second-order valence-electron chi connectivity index (χ2n) is 6.91. The largest absolute Gasteiger partial charge is 0.383 e. The van der Waals surface area contributed by atoms with Crippen LogP contribution in [0.15, 0.2) is 59.9 Å². The summed E-state index contributed by atoms with van der Waals surface area (Å²) in [6, 6.07) is 9.81. The second kappa shape index (κ2) is 9.46. The molecule has 5 nitrogen and oxygen atoms in total. The molecule has 0 spiro atoms. The van der Waals surface area contributed by atoms with E-state index in [0.717, 1.165) is 31.4 Å². The fourth-order valence-corrected chi connectivity index (χ4v) is 3.32. The molecule has 1 aromatic carbocycles. The molecule has 3 rings (SSSR count). The number of hydrogen-bond donors (Lipinski definition) is 2. The summed E-state index contributed by atoms with van der Waals surface area (Å²) in [6.45, 7) is 1.97. The predicted molar refractivity (Wildman–Crippen MR) is 103 cm³/mol. The van der Waals surface area contributed by atoms with Crippen LogP contribution in [0.2, 0.25) is 0 Å². The van der Waals surface area contributed by atoms with E-state index in [1.54, 1.807) is 11.1 Å². The van der Waals surface area contributed by atoms with Crippen molar-refractivity contribution < 1.29 is 9.90 Å². The first kappa shape index (κ1) is 18.5. The van der Waals surface area contributed by atoms with E-state index in [9.17, 15) is 9.90 Å². The Hall–Kier alpha value is -2.24. The van der Waals surface area contributed by atoms with E-state index in [1.807, 2.05) is 48.8 Å². The summed E-state index contributed by atoms with van der Waals surface area (Å²) in [7, 11) is 0. The first-order valence-corrected chi connectivity index (χ1v) is 9.34. The van der Waals surface area contributed by atoms with Crippen molar-refractivity contribution in [3.63, 3.8) is 0 Å². The maximum absolute atomic E-state index is 12.4. The lowest BCUT2D eigenvalue weighted by Crippen LogP contribution is -2.45. The van der Waals surface area contributed by atoms with Gasteiger partial charge in [-0.25, -0.2) is 0 Å². The maximum atomic E-state index is 12.4. The number of allylic oxidation sites excluding steroid dienone is 1. The molecule has 26 heavy (non-hydrogen) atoms. The molecule has 3 unspecified atom stereocenters. The SMILES string of the molecule is O=C1C(O)C(CNCCC2C=CN=CCC2)C=CN1Cc1ccccc1. The summed E-state index contributed by atoms with van der Waals surface area (Å²) >= 11 is 0. The molecule has 0 radical (unpaired) electrons. The quantitative estimate of drug-likeness (QED) is 0.740. The Kier molecular flexibility index (Phi) is 6.75. The third kappa shape index (κ3) is 5.13. The van der Waals surface area contributed by atoms with E-state index >= 15 is 0 Å². The van der Waals surface area contributed by atoms with Gasteiger partial charge in [0.1, 0.15) is 6.10 Å². The monoisotopic (exact) mass is 353 g/mol. The van der Waals surface area contributed by atoms with Crippen LogP contribution in [0.4, 0.5) is 0 Å². The van der Waals surface area contributed by atoms with Gasteiger partial charge in [-0.3, -0.25) is 9.79 Å². The molecule has 3 atom stereocenters. The van der Waals surface area contributed by atoms with Gasteiger partial charge in [-0.05, 0) is 37.3 Å². The Labute approximate surface area is 155 Å². The normalized spacial score (nSPS) is 25.5. The zero-order chi connectivity index (χ0) is 18.2. The van der Waals surface area contributed by atoms with Crippen molar-refractivity contribution >= 4 is 12.1 Å². The average molecular weight is 353 g/mol. The van der Waals surface area contributed by atoms with Gasteiger partial charge in [0.15, 0.2) is 0 Å².